The van der Waals surface area contributed by atoms with E-state index in [4.69, 9.17) is 10.3 Å². The monoisotopic (exact) mass is 223 g/mol. The Labute approximate surface area is 92.1 Å². The van der Waals surface area contributed by atoms with Crippen molar-refractivity contribution in [3.63, 3.8) is 0 Å². The molecule has 2 aromatic rings. The second-order valence-corrected chi connectivity index (χ2v) is 4.47. The highest BCUT2D eigenvalue weighted by atomic mass is 32.1. The molecule has 0 bridgehead atoms. The van der Waals surface area contributed by atoms with Crippen LogP contribution in [0.25, 0.3) is 0 Å². The van der Waals surface area contributed by atoms with Crippen LogP contribution in [0.5, 0.6) is 0 Å². The third-order valence-electron chi connectivity index (χ3n) is 2.17. The molecule has 80 valence electrons. The lowest BCUT2D eigenvalue weighted by molar-refractivity contribution is 0.357. The van der Waals surface area contributed by atoms with Gasteiger partial charge >= 0.3 is 0 Å². The van der Waals surface area contributed by atoms with E-state index in [1.165, 1.54) is 4.88 Å². The second kappa shape index (κ2) is 4.55. The van der Waals surface area contributed by atoms with Gasteiger partial charge in [-0.25, -0.2) is 0 Å². The number of nitrogens with two attached hydrogens (primary N) is 1. The van der Waals surface area contributed by atoms with Gasteiger partial charge in [-0.05, 0) is 11.4 Å². The molecular weight excluding hydrogens is 210 g/mol. The average Bonchev–Trinajstić information content (AvgIpc) is 2.88. The molecule has 2 aromatic heterocycles. The number of rotatable bonds is 4. The van der Waals surface area contributed by atoms with Crippen molar-refractivity contribution in [1.82, 2.24) is 10.1 Å². The first-order chi connectivity index (χ1) is 7.29. The molecule has 0 aromatic carbocycles. The third kappa shape index (κ3) is 2.43. The summed E-state index contributed by atoms with van der Waals surface area (Å²) in [5.74, 6) is 1.49. The molecule has 0 radical (unpaired) electrons. The third-order valence-corrected chi connectivity index (χ3v) is 3.05. The first-order valence-electron chi connectivity index (χ1n) is 4.84. The largest absolute Gasteiger partial charge is 0.339 e. The van der Waals surface area contributed by atoms with E-state index in [1.54, 1.807) is 11.3 Å². The highest BCUT2D eigenvalue weighted by Crippen LogP contribution is 2.15. The topological polar surface area (TPSA) is 64.9 Å². The van der Waals surface area contributed by atoms with Crippen molar-refractivity contribution in [3.8, 4) is 0 Å². The normalized spacial score (nSPS) is 12.9. The smallest absolute Gasteiger partial charge is 0.230 e. The van der Waals surface area contributed by atoms with Crippen molar-refractivity contribution in [2.45, 2.75) is 19.3 Å². The number of hydrogen-bond acceptors (Lipinski definition) is 5. The Hall–Kier alpha value is -1.20. The van der Waals surface area contributed by atoms with E-state index in [0.717, 1.165) is 12.2 Å². The molecule has 0 saturated carbocycles. The maximum absolute atomic E-state index is 5.52. The Morgan fingerprint density at radius 3 is 3.13 bits per heavy atom. The lowest BCUT2D eigenvalue weighted by Crippen LogP contribution is -2.09. The van der Waals surface area contributed by atoms with Gasteiger partial charge < -0.3 is 10.3 Å². The molecule has 0 aliphatic rings. The van der Waals surface area contributed by atoms with Crippen molar-refractivity contribution in [2.75, 3.05) is 6.54 Å². The Kier molecular flexibility index (Phi) is 3.13. The molecule has 0 aliphatic carbocycles. The molecule has 0 saturated heterocycles. The van der Waals surface area contributed by atoms with Crippen LogP contribution in [0.1, 0.15) is 29.4 Å². The van der Waals surface area contributed by atoms with Crippen LogP contribution >= 0.6 is 11.3 Å². The van der Waals surface area contributed by atoms with Crippen LogP contribution in [0.4, 0.5) is 0 Å². The average molecular weight is 223 g/mol. The van der Waals surface area contributed by atoms with Crippen molar-refractivity contribution >= 4 is 11.3 Å². The molecular formula is C10H13N3OS. The Morgan fingerprint density at radius 2 is 2.47 bits per heavy atom. The van der Waals surface area contributed by atoms with Crippen LogP contribution in [0, 0.1) is 0 Å². The second-order valence-electron chi connectivity index (χ2n) is 3.44. The van der Waals surface area contributed by atoms with Crippen LogP contribution in [0.2, 0.25) is 0 Å². The molecule has 0 aliphatic heterocycles. The number of hydrogen-bond donors (Lipinski definition) is 1. The molecule has 1 unspecified atom stereocenters. The predicted octanol–water partition coefficient (Wildman–Crippen LogP) is 1.78. The summed E-state index contributed by atoms with van der Waals surface area (Å²) < 4.78 is 5.13. The SMILES string of the molecule is CC(CN)c1nc(Cc2cccs2)no1. The zero-order valence-corrected chi connectivity index (χ0v) is 9.33. The highest BCUT2D eigenvalue weighted by Gasteiger charge is 2.12. The highest BCUT2D eigenvalue weighted by molar-refractivity contribution is 7.09. The van der Waals surface area contributed by atoms with Gasteiger partial charge in [-0.3, -0.25) is 0 Å². The Balaban J connectivity index is 2.07. The lowest BCUT2D eigenvalue weighted by atomic mass is 10.2. The predicted molar refractivity (Wildman–Crippen MR) is 58.9 cm³/mol. The first kappa shape index (κ1) is 10.3. The summed E-state index contributed by atoms with van der Waals surface area (Å²) in [4.78, 5) is 5.54. The van der Waals surface area contributed by atoms with E-state index in [2.05, 4.69) is 16.2 Å². The van der Waals surface area contributed by atoms with Gasteiger partial charge in [0.1, 0.15) is 0 Å². The molecule has 1 atom stereocenters. The molecule has 4 nitrogen and oxygen atoms in total. The van der Waals surface area contributed by atoms with Crippen LogP contribution < -0.4 is 5.73 Å². The van der Waals surface area contributed by atoms with Crippen molar-refractivity contribution in [1.29, 1.82) is 0 Å². The van der Waals surface area contributed by atoms with Gasteiger partial charge in [0, 0.05) is 23.8 Å². The minimum absolute atomic E-state index is 0.134. The quantitative estimate of drug-likeness (QED) is 0.858. The summed E-state index contributed by atoms with van der Waals surface area (Å²) in [5.41, 5.74) is 5.52. The zero-order valence-electron chi connectivity index (χ0n) is 8.51. The van der Waals surface area contributed by atoms with Gasteiger partial charge in [0.2, 0.25) is 5.89 Å². The van der Waals surface area contributed by atoms with E-state index in [-0.39, 0.29) is 5.92 Å². The molecule has 2 N–H and O–H groups in total. The maximum atomic E-state index is 5.52. The summed E-state index contributed by atoms with van der Waals surface area (Å²) in [6, 6.07) is 4.08. The summed E-state index contributed by atoms with van der Waals surface area (Å²) in [6.45, 7) is 2.50. The van der Waals surface area contributed by atoms with Crippen molar-refractivity contribution in [3.05, 3.63) is 34.1 Å². The van der Waals surface area contributed by atoms with E-state index in [1.807, 2.05) is 18.4 Å². The summed E-state index contributed by atoms with van der Waals surface area (Å²) >= 11 is 1.69. The zero-order chi connectivity index (χ0) is 10.7. The van der Waals surface area contributed by atoms with E-state index >= 15 is 0 Å². The fourth-order valence-electron chi connectivity index (χ4n) is 1.21. The minimum atomic E-state index is 0.134. The van der Waals surface area contributed by atoms with E-state index in [9.17, 15) is 0 Å². The van der Waals surface area contributed by atoms with Crippen LogP contribution in [0.15, 0.2) is 22.0 Å². The van der Waals surface area contributed by atoms with Gasteiger partial charge in [0.25, 0.3) is 0 Å². The molecule has 5 heteroatoms. The molecule has 15 heavy (non-hydrogen) atoms. The van der Waals surface area contributed by atoms with E-state index < -0.39 is 0 Å². The number of aromatic nitrogens is 2. The van der Waals surface area contributed by atoms with Gasteiger partial charge in [0.05, 0.1) is 0 Å². The number of nitrogens with zero attached hydrogens (tertiary/aromatic N) is 2. The van der Waals surface area contributed by atoms with Crippen molar-refractivity contribution < 1.29 is 4.52 Å². The minimum Gasteiger partial charge on any atom is -0.339 e. The molecule has 2 heterocycles. The van der Waals surface area contributed by atoms with Gasteiger partial charge in [0.15, 0.2) is 5.82 Å². The molecule has 2 rings (SSSR count). The summed E-state index contributed by atoms with van der Waals surface area (Å²) in [7, 11) is 0. The molecule has 0 amide bonds. The van der Waals surface area contributed by atoms with Gasteiger partial charge in [-0.2, -0.15) is 4.98 Å². The van der Waals surface area contributed by atoms with Crippen LogP contribution in [-0.4, -0.2) is 16.7 Å². The number of thiophene rings is 1. The summed E-state index contributed by atoms with van der Waals surface area (Å²) in [6.07, 6.45) is 0.735. The fraction of sp³-hybridized carbons (Fsp3) is 0.400. The maximum Gasteiger partial charge on any atom is 0.230 e. The molecule has 0 fully saturated rings. The van der Waals surface area contributed by atoms with Gasteiger partial charge in [-0.1, -0.05) is 18.1 Å². The Bertz CT molecular complexity index is 410. The van der Waals surface area contributed by atoms with Crippen molar-refractivity contribution in [2.24, 2.45) is 5.73 Å². The van der Waals surface area contributed by atoms with Crippen LogP contribution in [-0.2, 0) is 6.42 Å². The van der Waals surface area contributed by atoms with Gasteiger partial charge in [-0.15, -0.1) is 11.3 Å². The first-order valence-corrected chi connectivity index (χ1v) is 5.72. The van der Waals surface area contributed by atoms with E-state index in [0.29, 0.717) is 12.4 Å². The fourth-order valence-corrected chi connectivity index (χ4v) is 1.91. The molecule has 0 spiro atoms. The lowest BCUT2D eigenvalue weighted by Gasteiger charge is -1.98. The Morgan fingerprint density at radius 1 is 1.60 bits per heavy atom. The standard InChI is InChI=1S/C10H13N3OS/c1-7(6-11)10-12-9(13-14-10)5-8-3-2-4-15-8/h2-4,7H,5-6,11H2,1H3. The van der Waals surface area contributed by atoms with Crippen LogP contribution in [0.3, 0.4) is 0 Å². The summed E-state index contributed by atoms with van der Waals surface area (Å²) in [5, 5.41) is 5.97.